The highest BCUT2D eigenvalue weighted by molar-refractivity contribution is 5.76. The number of hydrogen-bond acceptors (Lipinski definition) is 7. The Morgan fingerprint density at radius 1 is 1.00 bits per heavy atom. The molecular formula is C15H17N9O. The fraction of sp³-hybridized carbons (Fsp3) is 0.333. The number of anilines is 1. The van der Waals surface area contributed by atoms with Gasteiger partial charge in [-0.15, -0.1) is 0 Å². The van der Waals surface area contributed by atoms with Gasteiger partial charge >= 0.3 is 0 Å². The van der Waals surface area contributed by atoms with Crippen LogP contribution in [0.4, 0.5) is 5.82 Å². The van der Waals surface area contributed by atoms with E-state index in [9.17, 15) is 4.79 Å². The van der Waals surface area contributed by atoms with Crippen LogP contribution in [0.15, 0.2) is 43.8 Å². The maximum absolute atomic E-state index is 12.3. The van der Waals surface area contributed by atoms with Crippen LogP contribution in [0.5, 0.6) is 0 Å². The Morgan fingerprint density at radius 3 is 2.56 bits per heavy atom. The molecular weight excluding hydrogens is 322 g/mol. The van der Waals surface area contributed by atoms with Crippen molar-refractivity contribution >= 4 is 11.7 Å². The van der Waals surface area contributed by atoms with Crippen molar-refractivity contribution in [2.24, 2.45) is 0 Å². The van der Waals surface area contributed by atoms with Crippen LogP contribution in [0.2, 0.25) is 0 Å². The van der Waals surface area contributed by atoms with E-state index in [0.29, 0.717) is 13.1 Å². The minimum absolute atomic E-state index is 0.0481. The Bertz CT molecular complexity index is 823. The van der Waals surface area contributed by atoms with Gasteiger partial charge in [0.15, 0.2) is 0 Å². The number of piperazine rings is 1. The van der Waals surface area contributed by atoms with Crippen LogP contribution in [0.25, 0.3) is 5.82 Å². The first-order chi connectivity index (χ1) is 12.3. The van der Waals surface area contributed by atoms with Gasteiger partial charge in [0.1, 0.15) is 43.5 Å². The van der Waals surface area contributed by atoms with Gasteiger partial charge in [-0.2, -0.15) is 5.10 Å². The van der Waals surface area contributed by atoms with Crippen molar-refractivity contribution in [1.29, 1.82) is 0 Å². The van der Waals surface area contributed by atoms with Crippen LogP contribution < -0.4 is 4.90 Å². The minimum Gasteiger partial charge on any atom is -0.353 e. The Balaban J connectivity index is 1.39. The predicted molar refractivity (Wildman–Crippen MR) is 88.0 cm³/mol. The van der Waals surface area contributed by atoms with Crippen LogP contribution >= 0.6 is 0 Å². The van der Waals surface area contributed by atoms with Gasteiger partial charge in [-0.3, -0.25) is 9.36 Å². The van der Waals surface area contributed by atoms with E-state index >= 15 is 0 Å². The number of hydrogen-bond donors (Lipinski definition) is 0. The largest absolute Gasteiger partial charge is 0.353 e. The Labute approximate surface area is 143 Å². The summed E-state index contributed by atoms with van der Waals surface area (Å²) in [5.41, 5.74) is 0. The number of aromatic nitrogens is 7. The quantitative estimate of drug-likeness (QED) is 0.638. The SMILES string of the molecule is O=C(Cn1cncn1)N1CCN(c2cc(-n3ccnc3)ncn2)CC1. The first-order valence-electron chi connectivity index (χ1n) is 7.95. The lowest BCUT2D eigenvalue weighted by Gasteiger charge is -2.35. The van der Waals surface area contributed by atoms with Gasteiger partial charge in [0.05, 0.1) is 0 Å². The summed E-state index contributed by atoms with van der Waals surface area (Å²) in [6.07, 6.45) is 9.78. The van der Waals surface area contributed by atoms with Crippen molar-refractivity contribution in [3.05, 3.63) is 43.8 Å². The highest BCUT2D eigenvalue weighted by Gasteiger charge is 2.22. The third-order valence-electron chi connectivity index (χ3n) is 4.13. The number of imidazole rings is 1. The highest BCUT2D eigenvalue weighted by Crippen LogP contribution is 2.16. The molecule has 0 aliphatic carbocycles. The second-order valence-corrected chi connectivity index (χ2v) is 5.67. The standard InChI is InChI=1S/C15H17N9O/c25-15(8-24-12-17-9-20-24)22-5-3-21(4-6-22)13-7-14(19-10-18-13)23-2-1-16-11-23/h1-2,7,9-12H,3-6,8H2. The van der Waals surface area contributed by atoms with Crippen LogP contribution in [0.1, 0.15) is 0 Å². The van der Waals surface area contributed by atoms with Crippen molar-refractivity contribution < 1.29 is 4.79 Å². The Kier molecular flexibility index (Phi) is 4.07. The van der Waals surface area contributed by atoms with Crippen molar-refractivity contribution in [1.82, 2.24) is 39.2 Å². The molecule has 1 amide bonds. The molecule has 0 saturated carbocycles. The van der Waals surface area contributed by atoms with Crippen LogP contribution in [-0.4, -0.2) is 71.3 Å². The van der Waals surface area contributed by atoms with E-state index < -0.39 is 0 Å². The number of carbonyl (C=O) groups is 1. The predicted octanol–water partition coefficient (Wildman–Crippen LogP) is -0.397. The summed E-state index contributed by atoms with van der Waals surface area (Å²) in [4.78, 5) is 32.8. The smallest absolute Gasteiger partial charge is 0.244 e. The number of amides is 1. The zero-order valence-corrected chi connectivity index (χ0v) is 13.5. The van der Waals surface area contributed by atoms with Gasteiger partial charge in [0, 0.05) is 44.6 Å². The normalized spacial score (nSPS) is 14.7. The van der Waals surface area contributed by atoms with Crippen LogP contribution in [-0.2, 0) is 11.3 Å². The molecule has 128 valence electrons. The number of nitrogens with zero attached hydrogens (tertiary/aromatic N) is 9. The summed E-state index contributed by atoms with van der Waals surface area (Å²) in [5, 5.41) is 3.97. The summed E-state index contributed by atoms with van der Waals surface area (Å²) in [5.74, 6) is 1.67. The average molecular weight is 339 g/mol. The van der Waals surface area contributed by atoms with E-state index in [-0.39, 0.29) is 12.5 Å². The van der Waals surface area contributed by atoms with Gasteiger partial charge in [-0.05, 0) is 0 Å². The molecule has 1 aliphatic rings. The molecule has 0 aromatic carbocycles. The molecule has 10 heteroatoms. The zero-order chi connectivity index (χ0) is 17.1. The van der Waals surface area contributed by atoms with Gasteiger partial charge in [-0.1, -0.05) is 0 Å². The van der Waals surface area contributed by atoms with Crippen LogP contribution in [0, 0.1) is 0 Å². The molecule has 4 rings (SSSR count). The molecule has 0 bridgehead atoms. The summed E-state index contributed by atoms with van der Waals surface area (Å²) in [7, 11) is 0. The van der Waals surface area contributed by atoms with Gasteiger partial charge < -0.3 is 9.80 Å². The molecule has 0 unspecified atom stereocenters. The van der Waals surface area contributed by atoms with Crippen LogP contribution in [0.3, 0.4) is 0 Å². The second kappa shape index (κ2) is 6.67. The monoisotopic (exact) mass is 339 g/mol. The number of carbonyl (C=O) groups excluding carboxylic acids is 1. The van der Waals surface area contributed by atoms with Crippen molar-refractivity contribution in [3.63, 3.8) is 0 Å². The lowest BCUT2D eigenvalue weighted by molar-refractivity contribution is -0.132. The molecule has 1 fully saturated rings. The lowest BCUT2D eigenvalue weighted by atomic mass is 10.3. The van der Waals surface area contributed by atoms with Crippen molar-refractivity contribution in [2.75, 3.05) is 31.1 Å². The number of rotatable bonds is 4. The molecule has 3 aromatic rings. The fourth-order valence-corrected chi connectivity index (χ4v) is 2.78. The summed E-state index contributed by atoms with van der Waals surface area (Å²) < 4.78 is 3.37. The second-order valence-electron chi connectivity index (χ2n) is 5.67. The van der Waals surface area contributed by atoms with Gasteiger partial charge in [0.25, 0.3) is 0 Å². The maximum Gasteiger partial charge on any atom is 0.244 e. The van der Waals surface area contributed by atoms with Crippen molar-refractivity contribution in [3.8, 4) is 5.82 Å². The molecule has 10 nitrogen and oxygen atoms in total. The fourth-order valence-electron chi connectivity index (χ4n) is 2.78. The molecule has 0 atom stereocenters. The summed E-state index contributed by atoms with van der Waals surface area (Å²) >= 11 is 0. The molecule has 3 aromatic heterocycles. The molecule has 25 heavy (non-hydrogen) atoms. The lowest BCUT2D eigenvalue weighted by Crippen LogP contribution is -2.49. The van der Waals surface area contributed by atoms with E-state index in [1.807, 2.05) is 21.7 Å². The third-order valence-corrected chi connectivity index (χ3v) is 4.13. The molecule has 0 N–H and O–H groups in total. The van der Waals surface area contributed by atoms with Gasteiger partial charge in [-0.25, -0.2) is 24.6 Å². The first kappa shape index (κ1) is 15.2. The highest BCUT2D eigenvalue weighted by atomic mass is 16.2. The van der Waals surface area contributed by atoms with E-state index in [4.69, 9.17) is 0 Å². The average Bonchev–Trinajstić information content (AvgIpc) is 3.36. The Morgan fingerprint density at radius 2 is 1.84 bits per heavy atom. The molecule has 1 aliphatic heterocycles. The summed E-state index contributed by atoms with van der Waals surface area (Å²) in [6.45, 7) is 2.97. The van der Waals surface area contributed by atoms with E-state index in [1.165, 1.54) is 11.0 Å². The minimum atomic E-state index is 0.0481. The summed E-state index contributed by atoms with van der Waals surface area (Å²) in [6, 6.07) is 1.93. The Hall–Kier alpha value is -3.30. The van der Waals surface area contributed by atoms with Crippen molar-refractivity contribution in [2.45, 2.75) is 6.54 Å². The molecule has 4 heterocycles. The van der Waals surface area contributed by atoms with Gasteiger partial charge in [0.2, 0.25) is 5.91 Å². The van der Waals surface area contributed by atoms with E-state index in [2.05, 4.69) is 29.9 Å². The molecule has 0 spiro atoms. The third kappa shape index (κ3) is 3.32. The van der Waals surface area contributed by atoms with E-state index in [0.717, 1.165) is 24.7 Å². The van der Waals surface area contributed by atoms with E-state index in [1.54, 1.807) is 25.2 Å². The zero-order valence-electron chi connectivity index (χ0n) is 13.5. The maximum atomic E-state index is 12.3. The molecule has 1 saturated heterocycles. The topological polar surface area (TPSA) is 97.9 Å². The molecule has 0 radical (unpaired) electrons. The first-order valence-corrected chi connectivity index (χ1v) is 7.95.